The molecule has 3 rings (SSSR count). The van der Waals surface area contributed by atoms with Gasteiger partial charge in [0.2, 0.25) is 5.95 Å². The number of hydrogen-bond acceptors (Lipinski definition) is 4. The van der Waals surface area contributed by atoms with Crippen LogP contribution in [0.25, 0.3) is 0 Å². The van der Waals surface area contributed by atoms with E-state index in [1.54, 1.807) is 12.1 Å². The van der Waals surface area contributed by atoms with Gasteiger partial charge in [-0.1, -0.05) is 24.3 Å². The van der Waals surface area contributed by atoms with Gasteiger partial charge in [0.05, 0.1) is 11.4 Å². The van der Waals surface area contributed by atoms with Crippen LogP contribution < -0.4 is 10.6 Å². The zero-order chi connectivity index (χ0) is 16.9. The molecule has 0 aliphatic rings. The highest BCUT2D eigenvalue weighted by Gasteiger charge is 2.12. The van der Waals surface area contributed by atoms with Gasteiger partial charge in [0.25, 0.3) is 5.91 Å². The lowest BCUT2D eigenvalue weighted by molar-refractivity contribution is 0.102. The van der Waals surface area contributed by atoms with Gasteiger partial charge in [-0.25, -0.2) is 14.4 Å². The van der Waals surface area contributed by atoms with E-state index >= 15 is 0 Å². The van der Waals surface area contributed by atoms with E-state index in [0.29, 0.717) is 0 Å². The highest BCUT2D eigenvalue weighted by atomic mass is 79.9. The lowest BCUT2D eigenvalue weighted by Gasteiger charge is -2.09. The fourth-order valence-electron chi connectivity index (χ4n) is 1.98. The monoisotopic (exact) mass is 386 g/mol. The molecule has 2 N–H and O–H groups in total. The van der Waals surface area contributed by atoms with Crippen molar-refractivity contribution in [3.63, 3.8) is 0 Å². The van der Waals surface area contributed by atoms with Gasteiger partial charge in [0, 0.05) is 10.7 Å². The molecule has 2 aromatic carbocycles. The number of amides is 1. The molecule has 7 heteroatoms. The van der Waals surface area contributed by atoms with Crippen LogP contribution in [0.5, 0.6) is 0 Å². The third-order valence-electron chi connectivity index (χ3n) is 3.13. The number of para-hydroxylation sites is 2. The number of carbonyl (C=O) groups excluding carboxylic acids is 1. The molecule has 1 aromatic heterocycles. The molecular formula is C17H12BrFN4O. The van der Waals surface area contributed by atoms with Crippen LogP contribution in [0.1, 0.15) is 10.5 Å². The summed E-state index contributed by atoms with van der Waals surface area (Å²) in [6, 6.07) is 14.9. The number of halogens is 2. The van der Waals surface area contributed by atoms with Crippen molar-refractivity contribution >= 4 is 39.2 Å². The molecule has 0 saturated heterocycles. The standard InChI is InChI=1S/C17H12BrFN4O/c18-11-5-1-3-7-13(11)22-17-20-10-9-15(23-17)16(24)21-14-8-4-2-6-12(14)19/h1-10H,(H,21,24)(H,20,22,23). The number of aromatic nitrogens is 2. The quantitative estimate of drug-likeness (QED) is 0.698. The molecule has 5 nitrogen and oxygen atoms in total. The number of nitrogens with one attached hydrogen (secondary N) is 2. The molecule has 120 valence electrons. The van der Waals surface area contributed by atoms with E-state index in [-0.39, 0.29) is 17.3 Å². The Balaban J connectivity index is 1.79. The first-order valence-electron chi connectivity index (χ1n) is 7.04. The number of hydrogen-bond donors (Lipinski definition) is 2. The molecule has 0 atom stereocenters. The molecule has 0 bridgehead atoms. The molecule has 0 aliphatic carbocycles. The highest BCUT2D eigenvalue weighted by molar-refractivity contribution is 9.10. The SMILES string of the molecule is O=C(Nc1ccccc1F)c1ccnc(Nc2ccccc2Br)n1. The Hall–Kier alpha value is -2.80. The van der Waals surface area contributed by atoms with Crippen molar-refractivity contribution in [2.45, 2.75) is 0 Å². The van der Waals surface area contributed by atoms with Crippen LogP contribution in [-0.2, 0) is 0 Å². The van der Waals surface area contributed by atoms with Crippen LogP contribution in [0.15, 0.2) is 65.3 Å². The van der Waals surface area contributed by atoms with Gasteiger partial charge in [0.1, 0.15) is 11.5 Å². The molecule has 0 fully saturated rings. The fourth-order valence-corrected chi connectivity index (χ4v) is 2.36. The van der Waals surface area contributed by atoms with Crippen molar-refractivity contribution in [1.29, 1.82) is 0 Å². The van der Waals surface area contributed by atoms with E-state index < -0.39 is 11.7 Å². The predicted molar refractivity (Wildman–Crippen MR) is 93.8 cm³/mol. The molecular weight excluding hydrogens is 375 g/mol. The van der Waals surface area contributed by atoms with Gasteiger partial charge in [-0.05, 0) is 46.3 Å². The Morgan fingerprint density at radius 3 is 2.46 bits per heavy atom. The van der Waals surface area contributed by atoms with Crippen LogP contribution in [0, 0.1) is 5.82 Å². The van der Waals surface area contributed by atoms with Crippen molar-refractivity contribution in [2.75, 3.05) is 10.6 Å². The number of anilines is 3. The Bertz CT molecular complexity index is 888. The van der Waals surface area contributed by atoms with Crippen LogP contribution >= 0.6 is 15.9 Å². The second-order valence-corrected chi connectivity index (χ2v) is 5.66. The van der Waals surface area contributed by atoms with Gasteiger partial charge in [-0.3, -0.25) is 4.79 Å². The Kier molecular flexibility index (Phi) is 4.81. The molecule has 24 heavy (non-hydrogen) atoms. The molecule has 0 saturated carbocycles. The summed E-state index contributed by atoms with van der Waals surface area (Å²) in [6.07, 6.45) is 1.46. The molecule has 1 amide bonds. The van der Waals surface area contributed by atoms with Crippen LogP contribution in [-0.4, -0.2) is 15.9 Å². The van der Waals surface area contributed by atoms with Crippen LogP contribution in [0.2, 0.25) is 0 Å². The van der Waals surface area contributed by atoms with E-state index in [1.807, 2.05) is 24.3 Å². The van der Waals surface area contributed by atoms with Gasteiger partial charge < -0.3 is 10.6 Å². The summed E-state index contributed by atoms with van der Waals surface area (Å²) in [5.41, 5.74) is 0.994. The zero-order valence-electron chi connectivity index (χ0n) is 12.3. The maximum atomic E-state index is 13.6. The van der Waals surface area contributed by atoms with E-state index in [0.717, 1.165) is 10.2 Å². The largest absolute Gasteiger partial charge is 0.323 e. The maximum absolute atomic E-state index is 13.6. The van der Waals surface area contributed by atoms with Crippen molar-refractivity contribution < 1.29 is 9.18 Å². The zero-order valence-corrected chi connectivity index (χ0v) is 13.9. The van der Waals surface area contributed by atoms with Gasteiger partial charge in [0.15, 0.2) is 0 Å². The third kappa shape index (κ3) is 3.75. The number of carbonyl (C=O) groups is 1. The van der Waals surface area contributed by atoms with Crippen LogP contribution in [0.3, 0.4) is 0 Å². The minimum atomic E-state index is -0.516. The van der Waals surface area contributed by atoms with Crippen molar-refractivity contribution in [1.82, 2.24) is 9.97 Å². The number of nitrogens with zero attached hydrogens (tertiary/aromatic N) is 2. The summed E-state index contributed by atoms with van der Waals surface area (Å²) in [4.78, 5) is 20.5. The molecule has 0 spiro atoms. The van der Waals surface area contributed by atoms with E-state index in [4.69, 9.17) is 0 Å². The van der Waals surface area contributed by atoms with Crippen molar-refractivity contribution in [2.24, 2.45) is 0 Å². The fraction of sp³-hybridized carbons (Fsp3) is 0. The summed E-state index contributed by atoms with van der Waals surface area (Å²) in [7, 11) is 0. The summed E-state index contributed by atoms with van der Waals surface area (Å²) >= 11 is 3.41. The molecule has 3 aromatic rings. The summed E-state index contributed by atoms with van der Waals surface area (Å²) < 4.78 is 14.5. The number of benzene rings is 2. The van der Waals surface area contributed by atoms with Gasteiger partial charge >= 0.3 is 0 Å². The second-order valence-electron chi connectivity index (χ2n) is 4.80. The Labute approximate surface area is 146 Å². The number of rotatable bonds is 4. The lowest BCUT2D eigenvalue weighted by Crippen LogP contribution is -2.15. The summed E-state index contributed by atoms with van der Waals surface area (Å²) in [5.74, 6) is -0.757. The van der Waals surface area contributed by atoms with E-state index in [2.05, 4.69) is 36.5 Å². The van der Waals surface area contributed by atoms with Crippen molar-refractivity contribution in [3.8, 4) is 0 Å². The average molecular weight is 387 g/mol. The predicted octanol–water partition coefficient (Wildman–Crippen LogP) is 4.37. The second kappa shape index (κ2) is 7.18. The van der Waals surface area contributed by atoms with Gasteiger partial charge in [-0.15, -0.1) is 0 Å². The Morgan fingerprint density at radius 2 is 1.71 bits per heavy atom. The smallest absolute Gasteiger partial charge is 0.274 e. The normalized spacial score (nSPS) is 10.2. The first-order valence-corrected chi connectivity index (χ1v) is 7.83. The summed E-state index contributed by atoms with van der Waals surface area (Å²) in [6.45, 7) is 0. The highest BCUT2D eigenvalue weighted by Crippen LogP contribution is 2.23. The third-order valence-corrected chi connectivity index (χ3v) is 3.82. The topological polar surface area (TPSA) is 66.9 Å². The first kappa shape index (κ1) is 16.1. The minimum Gasteiger partial charge on any atom is -0.323 e. The Morgan fingerprint density at radius 1 is 1.00 bits per heavy atom. The maximum Gasteiger partial charge on any atom is 0.274 e. The molecule has 0 radical (unpaired) electrons. The lowest BCUT2D eigenvalue weighted by atomic mass is 10.3. The molecule has 0 unspecified atom stereocenters. The van der Waals surface area contributed by atoms with E-state index in [1.165, 1.54) is 24.4 Å². The first-order chi connectivity index (χ1) is 11.6. The average Bonchev–Trinajstić information content (AvgIpc) is 2.59. The molecule has 1 heterocycles. The van der Waals surface area contributed by atoms with Crippen LogP contribution in [0.4, 0.5) is 21.7 Å². The van der Waals surface area contributed by atoms with Crippen molar-refractivity contribution in [3.05, 3.63) is 76.8 Å². The minimum absolute atomic E-state index is 0.0985. The summed E-state index contributed by atoms with van der Waals surface area (Å²) in [5, 5.41) is 5.51. The molecule has 0 aliphatic heterocycles. The van der Waals surface area contributed by atoms with E-state index in [9.17, 15) is 9.18 Å². The van der Waals surface area contributed by atoms with Gasteiger partial charge in [-0.2, -0.15) is 0 Å².